The molecule has 7 nitrogen and oxygen atoms in total. The highest BCUT2D eigenvalue weighted by atomic mass is 16.6. The van der Waals surface area contributed by atoms with Crippen LogP contribution in [0.15, 0.2) is 36.8 Å². The van der Waals surface area contributed by atoms with E-state index in [-0.39, 0.29) is 6.09 Å². The van der Waals surface area contributed by atoms with E-state index in [2.05, 4.69) is 21.8 Å². The summed E-state index contributed by atoms with van der Waals surface area (Å²) in [6, 6.07) is 5.26. The number of ether oxygens (including phenoxy) is 2. The number of pyridine rings is 2. The van der Waals surface area contributed by atoms with Gasteiger partial charge in [0.05, 0.1) is 24.0 Å². The van der Waals surface area contributed by atoms with Crippen LogP contribution in [0.1, 0.15) is 39.0 Å². The maximum Gasteiger partial charge on any atom is 0.410 e. The van der Waals surface area contributed by atoms with Crippen molar-refractivity contribution in [2.24, 2.45) is 0 Å². The molecule has 0 unspecified atom stereocenters. The van der Waals surface area contributed by atoms with E-state index < -0.39 is 5.60 Å². The van der Waals surface area contributed by atoms with Crippen molar-refractivity contribution in [3.05, 3.63) is 48.0 Å². The molecule has 2 N–H and O–H groups in total. The number of carbonyl (C=O) groups is 1. The van der Waals surface area contributed by atoms with Crippen molar-refractivity contribution in [2.45, 2.75) is 33.3 Å². The molecule has 0 spiro atoms. The normalized spacial score (nSPS) is 10.6. The Kier molecular flexibility index (Phi) is 7.21. The maximum absolute atomic E-state index is 12.2. The van der Waals surface area contributed by atoms with Gasteiger partial charge in [0.1, 0.15) is 17.9 Å². The summed E-state index contributed by atoms with van der Waals surface area (Å²) in [5, 5.41) is 0. The van der Waals surface area contributed by atoms with Crippen LogP contribution in [0.5, 0.6) is 5.75 Å². The summed E-state index contributed by atoms with van der Waals surface area (Å²) in [5.74, 6) is 6.49. The van der Waals surface area contributed by atoms with Gasteiger partial charge in [-0.15, -0.1) is 0 Å². The van der Waals surface area contributed by atoms with Crippen LogP contribution in [0.2, 0.25) is 0 Å². The van der Waals surface area contributed by atoms with Crippen LogP contribution >= 0.6 is 0 Å². The Labute approximate surface area is 165 Å². The molecule has 0 saturated carbocycles. The molecule has 0 aliphatic carbocycles. The van der Waals surface area contributed by atoms with Gasteiger partial charge >= 0.3 is 6.09 Å². The molecule has 0 radical (unpaired) electrons. The fraction of sp³-hybridized carbons (Fsp3) is 0.381. The molecular weight excluding hydrogens is 356 g/mol. The molecule has 7 heteroatoms. The molecule has 0 fully saturated rings. The molecule has 2 aromatic heterocycles. The molecule has 0 aliphatic heterocycles. The number of hydrogen-bond acceptors (Lipinski definition) is 6. The summed E-state index contributed by atoms with van der Waals surface area (Å²) in [6.45, 7) is 8.61. The largest absolute Gasteiger partial charge is 0.489 e. The van der Waals surface area contributed by atoms with Gasteiger partial charge in [0.2, 0.25) is 0 Å². The van der Waals surface area contributed by atoms with Crippen molar-refractivity contribution in [3.63, 3.8) is 0 Å². The van der Waals surface area contributed by atoms with Gasteiger partial charge in [-0.1, -0.05) is 5.92 Å². The minimum atomic E-state index is -0.537. The number of nitrogens with zero attached hydrogens (tertiary/aromatic N) is 3. The van der Waals surface area contributed by atoms with E-state index in [0.717, 1.165) is 0 Å². The zero-order valence-electron chi connectivity index (χ0n) is 16.7. The Morgan fingerprint density at radius 2 is 2.04 bits per heavy atom. The zero-order chi connectivity index (χ0) is 20.6. The van der Waals surface area contributed by atoms with Gasteiger partial charge in [-0.3, -0.25) is 4.98 Å². The fourth-order valence-electron chi connectivity index (χ4n) is 2.22. The van der Waals surface area contributed by atoms with Crippen molar-refractivity contribution in [3.8, 4) is 17.6 Å². The number of nitrogen functional groups attached to an aromatic ring is 1. The Hall–Kier alpha value is -3.27. The lowest BCUT2D eigenvalue weighted by Gasteiger charge is -2.26. The van der Waals surface area contributed by atoms with Crippen LogP contribution in [0.3, 0.4) is 0 Å². The standard InChI is InChI=1S/C21H26N4O3/c1-5-25(20(26)28-21(2,3)4)13-14-27-19-15-23-12-10-16(19)8-9-18-17(22)7-6-11-24-18/h6-7,10-12,15H,5,13-14,22H2,1-4H3. The number of likely N-dealkylation sites (N-methyl/N-ethyl adjacent to an activating group) is 1. The van der Waals surface area contributed by atoms with Gasteiger partial charge < -0.3 is 20.1 Å². The average Bonchev–Trinajstić information content (AvgIpc) is 2.64. The van der Waals surface area contributed by atoms with E-state index in [1.165, 1.54) is 0 Å². The summed E-state index contributed by atoms with van der Waals surface area (Å²) in [5.41, 5.74) is 7.02. The van der Waals surface area contributed by atoms with Crippen LogP contribution in [0.4, 0.5) is 10.5 Å². The number of amides is 1. The van der Waals surface area contributed by atoms with E-state index in [9.17, 15) is 4.79 Å². The summed E-state index contributed by atoms with van der Waals surface area (Å²) < 4.78 is 11.2. The van der Waals surface area contributed by atoms with Gasteiger partial charge in [-0.2, -0.15) is 0 Å². The number of carbonyl (C=O) groups excluding carboxylic acids is 1. The molecule has 0 saturated heterocycles. The molecular formula is C21H26N4O3. The van der Waals surface area contributed by atoms with Crippen molar-refractivity contribution in [2.75, 3.05) is 25.4 Å². The van der Waals surface area contributed by atoms with E-state index in [1.54, 1.807) is 41.7 Å². The van der Waals surface area contributed by atoms with Crippen LogP contribution in [0.25, 0.3) is 0 Å². The third-order valence-corrected chi connectivity index (χ3v) is 3.59. The van der Waals surface area contributed by atoms with Gasteiger partial charge in [0, 0.05) is 18.9 Å². The summed E-state index contributed by atoms with van der Waals surface area (Å²) in [7, 11) is 0. The van der Waals surface area contributed by atoms with Gasteiger partial charge in [0.25, 0.3) is 0 Å². The van der Waals surface area contributed by atoms with Crippen molar-refractivity contribution >= 4 is 11.8 Å². The molecule has 0 aliphatic rings. The predicted octanol–water partition coefficient (Wildman–Crippen LogP) is 3.09. The molecule has 148 valence electrons. The highest BCUT2D eigenvalue weighted by molar-refractivity contribution is 5.68. The quantitative estimate of drug-likeness (QED) is 0.799. The summed E-state index contributed by atoms with van der Waals surface area (Å²) >= 11 is 0. The van der Waals surface area contributed by atoms with Gasteiger partial charge in [-0.25, -0.2) is 9.78 Å². The second-order valence-electron chi connectivity index (χ2n) is 6.97. The molecule has 2 aromatic rings. The number of nitrogens with two attached hydrogens (primary N) is 1. The minimum absolute atomic E-state index is 0.291. The third-order valence-electron chi connectivity index (χ3n) is 3.59. The lowest BCUT2D eigenvalue weighted by molar-refractivity contribution is 0.0237. The SMILES string of the molecule is CCN(CCOc1cnccc1C#Cc1ncccc1N)C(=O)OC(C)(C)C. The van der Waals surface area contributed by atoms with Crippen LogP contribution in [0, 0.1) is 11.8 Å². The number of hydrogen-bond donors (Lipinski definition) is 1. The molecule has 0 bridgehead atoms. The topological polar surface area (TPSA) is 90.6 Å². The number of rotatable bonds is 5. The third kappa shape index (κ3) is 6.47. The van der Waals surface area contributed by atoms with Gasteiger partial charge in [-0.05, 0) is 51.8 Å². The van der Waals surface area contributed by atoms with E-state index in [1.807, 2.05) is 27.7 Å². The number of anilines is 1. The lowest BCUT2D eigenvalue weighted by Crippen LogP contribution is -2.38. The van der Waals surface area contributed by atoms with Crippen molar-refractivity contribution in [1.82, 2.24) is 14.9 Å². The van der Waals surface area contributed by atoms with Crippen molar-refractivity contribution < 1.29 is 14.3 Å². The molecule has 1 amide bonds. The van der Waals surface area contributed by atoms with Crippen LogP contribution < -0.4 is 10.5 Å². The monoisotopic (exact) mass is 382 g/mol. The maximum atomic E-state index is 12.2. The highest BCUT2D eigenvalue weighted by Crippen LogP contribution is 2.16. The van der Waals surface area contributed by atoms with E-state index >= 15 is 0 Å². The molecule has 2 rings (SSSR count). The van der Waals surface area contributed by atoms with Crippen molar-refractivity contribution in [1.29, 1.82) is 0 Å². The fourth-order valence-corrected chi connectivity index (χ4v) is 2.22. The smallest absolute Gasteiger partial charge is 0.410 e. The lowest BCUT2D eigenvalue weighted by atomic mass is 10.2. The molecule has 28 heavy (non-hydrogen) atoms. The second kappa shape index (κ2) is 9.60. The Bertz CT molecular complexity index is 866. The first-order chi connectivity index (χ1) is 13.3. The van der Waals surface area contributed by atoms with Gasteiger partial charge in [0.15, 0.2) is 5.75 Å². The van der Waals surface area contributed by atoms with Crippen LogP contribution in [-0.2, 0) is 4.74 Å². The second-order valence-corrected chi connectivity index (χ2v) is 6.97. The minimum Gasteiger partial charge on any atom is -0.489 e. The predicted molar refractivity (Wildman–Crippen MR) is 108 cm³/mol. The summed E-state index contributed by atoms with van der Waals surface area (Å²) in [4.78, 5) is 22.0. The highest BCUT2D eigenvalue weighted by Gasteiger charge is 2.21. The average molecular weight is 382 g/mol. The molecule has 0 aromatic carbocycles. The first-order valence-corrected chi connectivity index (χ1v) is 9.07. The molecule has 2 heterocycles. The first-order valence-electron chi connectivity index (χ1n) is 9.07. The van der Waals surface area contributed by atoms with Crippen LogP contribution in [-0.4, -0.2) is 46.3 Å². The number of aromatic nitrogens is 2. The Morgan fingerprint density at radius 1 is 1.25 bits per heavy atom. The molecule has 0 atom stereocenters. The first kappa shape index (κ1) is 21.0. The Balaban J connectivity index is 2.02. The Morgan fingerprint density at radius 3 is 2.71 bits per heavy atom. The van der Waals surface area contributed by atoms with E-state index in [0.29, 0.717) is 42.4 Å². The zero-order valence-corrected chi connectivity index (χ0v) is 16.7. The van der Waals surface area contributed by atoms with E-state index in [4.69, 9.17) is 15.2 Å². The summed E-state index contributed by atoms with van der Waals surface area (Å²) in [6.07, 6.45) is 4.50.